The fraction of sp³-hybridized carbons (Fsp3) is 0.240. The number of benzene rings is 2. The predicted molar refractivity (Wildman–Crippen MR) is 131 cm³/mol. The Labute approximate surface area is 206 Å². The molecule has 1 aliphatic carbocycles. The van der Waals surface area contributed by atoms with Crippen LogP contribution in [0.25, 0.3) is 0 Å². The highest BCUT2D eigenvalue weighted by Crippen LogP contribution is 2.31. The zero-order valence-corrected chi connectivity index (χ0v) is 20.0. The maximum Gasteiger partial charge on any atom is 0.289 e. The maximum absolute atomic E-state index is 13.1. The van der Waals surface area contributed by atoms with E-state index in [0.29, 0.717) is 36.4 Å². The summed E-state index contributed by atoms with van der Waals surface area (Å²) in [5, 5.41) is 15.3. The molecule has 0 radical (unpaired) electrons. The number of nitro groups is 1. The standard InChI is InChI=1S/C25H23ClN4O5/c1-15-22-19(27-28-24(31)17-11-12-18(26)20(13-17)30(33)34)9-6-10-21(22)35-23(15)25(32)29(2)14-16-7-4-3-5-8-16/h3-5,7-8,11-13H,6,9-10,14H2,1-2H3,(H,28,31)/b27-19+. The van der Waals surface area contributed by atoms with Crippen LogP contribution in [0.2, 0.25) is 5.02 Å². The average molecular weight is 495 g/mol. The fourth-order valence-electron chi connectivity index (χ4n) is 4.06. The fourth-order valence-corrected chi connectivity index (χ4v) is 4.25. The number of nitro benzene ring substituents is 1. The minimum absolute atomic E-state index is 0.0572. The number of halogens is 1. The monoisotopic (exact) mass is 494 g/mol. The van der Waals surface area contributed by atoms with Crippen molar-refractivity contribution in [3.05, 3.63) is 97.4 Å². The Hall–Kier alpha value is -3.98. The first-order valence-electron chi connectivity index (χ1n) is 11.0. The number of carbonyl (C=O) groups is 2. The van der Waals surface area contributed by atoms with Gasteiger partial charge >= 0.3 is 0 Å². The molecule has 0 atom stereocenters. The molecule has 2 aromatic carbocycles. The minimum Gasteiger partial charge on any atom is -0.455 e. The third-order valence-corrected chi connectivity index (χ3v) is 6.15. The summed E-state index contributed by atoms with van der Waals surface area (Å²) >= 11 is 5.82. The lowest BCUT2D eigenvalue weighted by atomic mass is 9.93. The summed E-state index contributed by atoms with van der Waals surface area (Å²) in [6, 6.07) is 13.5. The van der Waals surface area contributed by atoms with E-state index in [1.807, 2.05) is 30.3 Å². The highest BCUT2D eigenvalue weighted by molar-refractivity contribution is 6.32. The molecule has 1 heterocycles. The van der Waals surface area contributed by atoms with Crippen molar-refractivity contribution in [1.82, 2.24) is 10.3 Å². The molecule has 0 saturated carbocycles. The lowest BCUT2D eigenvalue weighted by Gasteiger charge is -2.16. The van der Waals surface area contributed by atoms with Gasteiger partial charge < -0.3 is 9.32 Å². The number of nitrogens with one attached hydrogen (secondary N) is 1. The Morgan fingerprint density at radius 1 is 1.20 bits per heavy atom. The molecule has 10 heteroatoms. The van der Waals surface area contributed by atoms with Crippen molar-refractivity contribution < 1.29 is 18.9 Å². The topological polar surface area (TPSA) is 118 Å². The molecule has 35 heavy (non-hydrogen) atoms. The number of carbonyl (C=O) groups excluding carboxylic acids is 2. The molecule has 0 bridgehead atoms. The average Bonchev–Trinajstić information content (AvgIpc) is 3.19. The zero-order valence-electron chi connectivity index (χ0n) is 19.2. The van der Waals surface area contributed by atoms with Gasteiger partial charge in [-0.05, 0) is 37.5 Å². The van der Waals surface area contributed by atoms with Gasteiger partial charge in [-0.25, -0.2) is 5.43 Å². The van der Waals surface area contributed by atoms with Crippen molar-refractivity contribution in [2.45, 2.75) is 32.7 Å². The third kappa shape index (κ3) is 5.09. The first-order chi connectivity index (χ1) is 16.8. The minimum atomic E-state index is -0.652. The molecule has 0 aliphatic heterocycles. The van der Waals surface area contributed by atoms with Gasteiger partial charge in [-0.3, -0.25) is 19.7 Å². The van der Waals surface area contributed by atoms with E-state index in [9.17, 15) is 19.7 Å². The molecule has 0 fully saturated rings. The van der Waals surface area contributed by atoms with Crippen LogP contribution in [0.15, 0.2) is 58.0 Å². The van der Waals surface area contributed by atoms with Crippen molar-refractivity contribution in [3.63, 3.8) is 0 Å². The van der Waals surface area contributed by atoms with Gasteiger partial charge in [-0.15, -0.1) is 0 Å². The second kappa shape index (κ2) is 10.1. The van der Waals surface area contributed by atoms with Crippen LogP contribution in [0.1, 0.15) is 56.2 Å². The van der Waals surface area contributed by atoms with Gasteiger partial charge in [0.05, 0.1) is 10.6 Å². The molecule has 2 amide bonds. The lowest BCUT2D eigenvalue weighted by Crippen LogP contribution is -2.26. The van der Waals surface area contributed by atoms with Crippen LogP contribution in [-0.2, 0) is 13.0 Å². The summed E-state index contributed by atoms with van der Waals surface area (Å²) in [7, 11) is 1.72. The molecule has 1 aromatic heterocycles. The number of furan rings is 1. The van der Waals surface area contributed by atoms with E-state index < -0.39 is 10.8 Å². The highest BCUT2D eigenvalue weighted by Gasteiger charge is 2.29. The van der Waals surface area contributed by atoms with Crippen molar-refractivity contribution >= 4 is 34.8 Å². The number of fused-ring (bicyclic) bond motifs is 1. The normalized spacial score (nSPS) is 13.9. The Morgan fingerprint density at radius 2 is 1.94 bits per heavy atom. The summed E-state index contributed by atoms with van der Waals surface area (Å²) in [5.41, 5.74) is 5.14. The van der Waals surface area contributed by atoms with Crippen LogP contribution in [0.5, 0.6) is 0 Å². The van der Waals surface area contributed by atoms with Gasteiger partial charge in [-0.1, -0.05) is 41.9 Å². The quantitative estimate of drug-likeness (QED) is 0.386. The van der Waals surface area contributed by atoms with Crippen LogP contribution in [0.3, 0.4) is 0 Å². The second-order valence-corrected chi connectivity index (χ2v) is 8.68. The summed E-state index contributed by atoms with van der Waals surface area (Å²) in [6.07, 6.45) is 1.98. The summed E-state index contributed by atoms with van der Waals surface area (Å²) < 4.78 is 5.96. The number of amides is 2. The van der Waals surface area contributed by atoms with Crippen LogP contribution < -0.4 is 5.43 Å². The molecule has 1 aliphatic rings. The molecule has 9 nitrogen and oxygen atoms in total. The molecule has 0 saturated heterocycles. The smallest absolute Gasteiger partial charge is 0.289 e. The summed E-state index contributed by atoms with van der Waals surface area (Å²) in [4.78, 5) is 37.7. The Bertz CT molecular complexity index is 1330. The van der Waals surface area contributed by atoms with E-state index in [1.54, 1.807) is 18.9 Å². The molecule has 0 unspecified atom stereocenters. The van der Waals surface area contributed by atoms with Crippen LogP contribution in [-0.4, -0.2) is 34.4 Å². The Kier molecular flexibility index (Phi) is 6.97. The molecule has 0 spiro atoms. The number of rotatable bonds is 6. The van der Waals surface area contributed by atoms with Crippen molar-refractivity contribution in [3.8, 4) is 0 Å². The molecular formula is C25H23ClN4O5. The predicted octanol–water partition coefficient (Wildman–Crippen LogP) is 4.89. The summed E-state index contributed by atoms with van der Waals surface area (Å²) in [6.45, 7) is 2.24. The van der Waals surface area contributed by atoms with E-state index in [4.69, 9.17) is 16.0 Å². The van der Waals surface area contributed by atoms with Crippen molar-refractivity contribution in [2.24, 2.45) is 5.10 Å². The van der Waals surface area contributed by atoms with Crippen LogP contribution in [0, 0.1) is 17.0 Å². The molecule has 180 valence electrons. The van der Waals surface area contributed by atoms with Crippen LogP contribution in [0.4, 0.5) is 5.69 Å². The van der Waals surface area contributed by atoms with Crippen molar-refractivity contribution in [2.75, 3.05) is 7.05 Å². The maximum atomic E-state index is 13.1. The number of hydrogen-bond donors (Lipinski definition) is 1. The Morgan fingerprint density at radius 3 is 2.66 bits per heavy atom. The largest absolute Gasteiger partial charge is 0.455 e. The number of hydrogen-bond acceptors (Lipinski definition) is 6. The summed E-state index contributed by atoms with van der Waals surface area (Å²) in [5.74, 6) is 0.0602. The van der Waals surface area contributed by atoms with Gasteiger partial charge in [0.25, 0.3) is 17.5 Å². The molecule has 4 rings (SSSR count). The van der Waals surface area contributed by atoms with Gasteiger partial charge in [0.15, 0.2) is 5.76 Å². The van der Waals surface area contributed by atoms with E-state index in [1.165, 1.54) is 12.1 Å². The third-order valence-electron chi connectivity index (χ3n) is 5.83. The van der Waals surface area contributed by atoms with E-state index >= 15 is 0 Å². The highest BCUT2D eigenvalue weighted by atomic mass is 35.5. The number of aryl methyl sites for hydroxylation is 1. The first kappa shape index (κ1) is 24.2. The van der Waals surface area contributed by atoms with Gasteiger partial charge in [-0.2, -0.15) is 5.10 Å². The van der Waals surface area contributed by atoms with E-state index in [0.717, 1.165) is 23.6 Å². The van der Waals surface area contributed by atoms with Crippen molar-refractivity contribution in [1.29, 1.82) is 0 Å². The van der Waals surface area contributed by atoms with E-state index in [-0.39, 0.29) is 27.9 Å². The molecular weight excluding hydrogens is 472 g/mol. The lowest BCUT2D eigenvalue weighted by molar-refractivity contribution is -0.384. The first-order valence-corrected chi connectivity index (χ1v) is 11.4. The van der Waals surface area contributed by atoms with Gasteiger partial charge in [0.1, 0.15) is 10.8 Å². The molecule has 3 aromatic rings. The Balaban J connectivity index is 1.55. The van der Waals surface area contributed by atoms with Gasteiger partial charge in [0.2, 0.25) is 0 Å². The number of nitrogens with zero attached hydrogens (tertiary/aromatic N) is 3. The van der Waals surface area contributed by atoms with E-state index in [2.05, 4.69) is 10.5 Å². The zero-order chi connectivity index (χ0) is 25.1. The second-order valence-electron chi connectivity index (χ2n) is 8.28. The SMILES string of the molecule is Cc1c(C(=O)N(C)Cc2ccccc2)oc2c1/C(=N/NC(=O)c1ccc(Cl)c([N+](=O)[O-])c1)CCC2. The van der Waals surface area contributed by atoms with Gasteiger partial charge in [0, 0.05) is 42.8 Å². The van der Waals surface area contributed by atoms with Crippen LogP contribution >= 0.6 is 11.6 Å². The number of hydrazone groups is 1. The molecule has 1 N–H and O–H groups in total.